The molecule has 3 heterocycles. The maximum absolute atomic E-state index is 13.7. The third-order valence-electron chi connectivity index (χ3n) is 5.37. The van der Waals surface area contributed by atoms with Crippen LogP contribution in [-0.2, 0) is 16.6 Å². The number of sulfonamides is 1. The number of rotatable bonds is 6. The van der Waals surface area contributed by atoms with Crippen molar-refractivity contribution in [3.63, 3.8) is 0 Å². The SMILES string of the molecule is CC(F)(F)CCn1c(-c2cccc3cccnc23)nnc1N1CCN(S(C)(=O)=O)CC1. The molecule has 1 aliphatic heterocycles. The lowest BCUT2D eigenvalue weighted by Crippen LogP contribution is -2.49. The monoisotopic (exact) mass is 450 g/mol. The summed E-state index contributed by atoms with van der Waals surface area (Å²) in [5.74, 6) is -1.92. The van der Waals surface area contributed by atoms with E-state index < -0.39 is 15.9 Å². The van der Waals surface area contributed by atoms with E-state index in [1.165, 1.54) is 10.6 Å². The summed E-state index contributed by atoms with van der Waals surface area (Å²) in [6.07, 6.45) is 2.49. The number of para-hydroxylation sites is 1. The fraction of sp³-hybridized carbons (Fsp3) is 0.450. The van der Waals surface area contributed by atoms with Gasteiger partial charge >= 0.3 is 0 Å². The van der Waals surface area contributed by atoms with Crippen LogP contribution in [0.25, 0.3) is 22.3 Å². The second kappa shape index (κ2) is 8.12. The quantitative estimate of drug-likeness (QED) is 0.574. The lowest BCUT2D eigenvalue weighted by atomic mass is 10.1. The fourth-order valence-corrected chi connectivity index (χ4v) is 4.57. The first kappa shape index (κ1) is 21.6. The number of benzene rings is 1. The van der Waals surface area contributed by atoms with Gasteiger partial charge < -0.3 is 4.90 Å². The van der Waals surface area contributed by atoms with Gasteiger partial charge in [0.2, 0.25) is 21.9 Å². The van der Waals surface area contributed by atoms with Gasteiger partial charge in [-0.15, -0.1) is 10.2 Å². The average molecular weight is 451 g/mol. The lowest BCUT2D eigenvalue weighted by molar-refractivity contribution is 0.00887. The largest absolute Gasteiger partial charge is 0.338 e. The summed E-state index contributed by atoms with van der Waals surface area (Å²) < 4.78 is 54.1. The number of pyridine rings is 1. The molecule has 11 heteroatoms. The molecule has 3 aromatic rings. The molecule has 0 bridgehead atoms. The van der Waals surface area contributed by atoms with Crippen molar-refractivity contribution < 1.29 is 17.2 Å². The number of anilines is 1. The highest BCUT2D eigenvalue weighted by molar-refractivity contribution is 7.88. The summed E-state index contributed by atoms with van der Waals surface area (Å²) in [6, 6.07) is 9.42. The number of halogens is 2. The Morgan fingerprint density at radius 3 is 2.45 bits per heavy atom. The fourth-order valence-electron chi connectivity index (χ4n) is 3.75. The molecule has 31 heavy (non-hydrogen) atoms. The second-order valence-electron chi connectivity index (χ2n) is 7.83. The van der Waals surface area contributed by atoms with E-state index in [1.54, 1.807) is 10.8 Å². The molecule has 0 amide bonds. The molecular weight excluding hydrogens is 426 g/mol. The molecule has 0 saturated carbocycles. The number of alkyl halides is 2. The number of aromatic nitrogens is 4. The Bertz CT molecular complexity index is 1180. The van der Waals surface area contributed by atoms with Crippen molar-refractivity contribution in [2.24, 2.45) is 0 Å². The van der Waals surface area contributed by atoms with Crippen molar-refractivity contribution in [1.29, 1.82) is 0 Å². The maximum atomic E-state index is 13.7. The van der Waals surface area contributed by atoms with E-state index in [-0.39, 0.29) is 13.0 Å². The molecule has 1 fully saturated rings. The molecule has 0 aliphatic carbocycles. The average Bonchev–Trinajstić information content (AvgIpc) is 3.14. The topological polar surface area (TPSA) is 84.2 Å². The van der Waals surface area contributed by atoms with Crippen LogP contribution in [0, 0.1) is 0 Å². The third kappa shape index (κ3) is 4.67. The van der Waals surface area contributed by atoms with Crippen LogP contribution in [-0.4, -0.2) is 70.8 Å². The molecule has 0 N–H and O–H groups in total. The van der Waals surface area contributed by atoms with Crippen LogP contribution in [0.2, 0.25) is 0 Å². The molecule has 8 nitrogen and oxygen atoms in total. The molecule has 0 radical (unpaired) electrons. The summed E-state index contributed by atoms with van der Waals surface area (Å²) in [4.78, 5) is 6.34. The first-order chi connectivity index (χ1) is 14.6. The van der Waals surface area contributed by atoms with Gasteiger partial charge in [0.25, 0.3) is 0 Å². The van der Waals surface area contributed by atoms with E-state index in [9.17, 15) is 17.2 Å². The van der Waals surface area contributed by atoms with Gasteiger partial charge in [-0.3, -0.25) is 9.55 Å². The standard InChI is InChI=1S/C20H24F2N6O2S/c1-20(21,22)8-10-28-18(16-7-3-5-15-6-4-9-23-17(15)16)24-25-19(28)26-11-13-27(14-12-26)31(2,29)30/h3-7,9H,8,10-14H2,1-2H3. The normalized spacial score (nSPS) is 16.2. The molecule has 166 valence electrons. The number of fused-ring (bicyclic) bond motifs is 1. The highest BCUT2D eigenvalue weighted by Gasteiger charge is 2.29. The van der Waals surface area contributed by atoms with Crippen LogP contribution in [0.1, 0.15) is 13.3 Å². The zero-order valence-corrected chi connectivity index (χ0v) is 18.2. The van der Waals surface area contributed by atoms with Crippen molar-refractivity contribution >= 4 is 26.9 Å². The Hall–Kier alpha value is -2.66. The second-order valence-corrected chi connectivity index (χ2v) is 9.81. The zero-order chi connectivity index (χ0) is 22.2. The van der Waals surface area contributed by atoms with Crippen LogP contribution in [0.4, 0.5) is 14.7 Å². The summed E-state index contributed by atoms with van der Waals surface area (Å²) in [5.41, 5.74) is 1.43. The minimum atomic E-state index is -3.28. The van der Waals surface area contributed by atoms with Gasteiger partial charge in [-0.25, -0.2) is 17.2 Å². The summed E-state index contributed by atoms with van der Waals surface area (Å²) >= 11 is 0. The predicted octanol–water partition coefficient (Wildman–Crippen LogP) is 2.62. The Kier molecular flexibility index (Phi) is 5.65. The summed E-state index contributed by atoms with van der Waals surface area (Å²) in [6.45, 7) is 2.34. The van der Waals surface area contributed by atoms with Crippen LogP contribution in [0.5, 0.6) is 0 Å². The summed E-state index contributed by atoms with van der Waals surface area (Å²) in [7, 11) is -3.28. The maximum Gasteiger partial charge on any atom is 0.247 e. The van der Waals surface area contributed by atoms with E-state index in [2.05, 4.69) is 15.2 Å². The van der Waals surface area contributed by atoms with E-state index in [1.807, 2.05) is 35.2 Å². The number of hydrogen-bond donors (Lipinski definition) is 0. The molecule has 0 unspecified atom stereocenters. The van der Waals surface area contributed by atoms with Gasteiger partial charge in [0.15, 0.2) is 5.82 Å². The van der Waals surface area contributed by atoms with Gasteiger partial charge in [0.1, 0.15) is 0 Å². The smallest absolute Gasteiger partial charge is 0.247 e. The third-order valence-corrected chi connectivity index (χ3v) is 6.67. The van der Waals surface area contributed by atoms with E-state index in [0.29, 0.717) is 43.5 Å². The molecule has 1 aliphatic rings. The molecule has 1 aromatic carbocycles. The van der Waals surface area contributed by atoms with Crippen LogP contribution >= 0.6 is 0 Å². The molecule has 2 aromatic heterocycles. The van der Waals surface area contributed by atoms with Crippen molar-refractivity contribution in [2.75, 3.05) is 37.3 Å². The first-order valence-electron chi connectivity index (χ1n) is 9.99. The van der Waals surface area contributed by atoms with Crippen molar-refractivity contribution in [1.82, 2.24) is 24.1 Å². The molecule has 0 atom stereocenters. The Morgan fingerprint density at radius 1 is 1.06 bits per heavy atom. The minimum absolute atomic E-state index is 0.0245. The van der Waals surface area contributed by atoms with Crippen LogP contribution in [0.15, 0.2) is 36.5 Å². The number of nitrogens with zero attached hydrogens (tertiary/aromatic N) is 6. The Morgan fingerprint density at radius 2 is 1.77 bits per heavy atom. The van der Waals surface area contributed by atoms with Crippen LogP contribution < -0.4 is 4.90 Å². The number of hydrogen-bond acceptors (Lipinski definition) is 6. The van der Waals surface area contributed by atoms with E-state index in [4.69, 9.17) is 0 Å². The van der Waals surface area contributed by atoms with Crippen molar-refractivity contribution in [3.05, 3.63) is 36.5 Å². The van der Waals surface area contributed by atoms with Crippen molar-refractivity contribution in [2.45, 2.75) is 25.8 Å². The van der Waals surface area contributed by atoms with Crippen molar-refractivity contribution in [3.8, 4) is 11.4 Å². The Labute approximate surface area is 179 Å². The molecule has 1 saturated heterocycles. The van der Waals surface area contributed by atoms with E-state index >= 15 is 0 Å². The van der Waals surface area contributed by atoms with Gasteiger partial charge in [-0.1, -0.05) is 18.2 Å². The highest BCUT2D eigenvalue weighted by atomic mass is 32.2. The molecule has 4 rings (SSSR count). The van der Waals surface area contributed by atoms with E-state index in [0.717, 1.165) is 17.8 Å². The van der Waals surface area contributed by atoms with Gasteiger partial charge in [0.05, 0.1) is 11.8 Å². The lowest BCUT2D eigenvalue weighted by Gasteiger charge is -2.34. The molecular formula is C20H24F2N6O2S. The Balaban J connectivity index is 1.73. The minimum Gasteiger partial charge on any atom is -0.338 e. The first-order valence-corrected chi connectivity index (χ1v) is 11.8. The van der Waals surface area contributed by atoms with Gasteiger partial charge in [-0.05, 0) is 19.1 Å². The predicted molar refractivity (Wildman–Crippen MR) is 115 cm³/mol. The molecule has 0 spiro atoms. The summed E-state index contributed by atoms with van der Waals surface area (Å²) in [5, 5.41) is 9.56. The zero-order valence-electron chi connectivity index (χ0n) is 17.4. The number of piperazine rings is 1. The van der Waals surface area contributed by atoms with Crippen LogP contribution in [0.3, 0.4) is 0 Å². The highest BCUT2D eigenvalue weighted by Crippen LogP contribution is 2.30. The van der Waals surface area contributed by atoms with Gasteiger partial charge in [-0.2, -0.15) is 4.31 Å². The van der Waals surface area contributed by atoms with Gasteiger partial charge in [0, 0.05) is 56.3 Å².